The van der Waals surface area contributed by atoms with Crippen molar-refractivity contribution in [2.45, 2.75) is 45.7 Å². The van der Waals surface area contributed by atoms with E-state index in [2.05, 4.69) is 5.32 Å². The maximum Gasteiger partial charge on any atom is 0.243 e. The van der Waals surface area contributed by atoms with Crippen molar-refractivity contribution < 1.29 is 22.4 Å². The van der Waals surface area contributed by atoms with Gasteiger partial charge in [-0.2, -0.15) is 0 Å². The van der Waals surface area contributed by atoms with Crippen LogP contribution in [0.3, 0.4) is 0 Å². The van der Waals surface area contributed by atoms with Crippen LogP contribution < -0.4 is 9.62 Å². The lowest BCUT2D eigenvalue weighted by Crippen LogP contribution is -2.51. The maximum atomic E-state index is 14.5. The van der Waals surface area contributed by atoms with Gasteiger partial charge >= 0.3 is 0 Å². The molecule has 3 aromatic carbocycles. The SMILES string of the molecule is CC(C)CNC(=O)C(Cc1ccccc1)N(Cc1ccc(Cl)cc1)C(=O)CCCN(c1ccccc1F)S(C)(=O)=O. The van der Waals surface area contributed by atoms with E-state index >= 15 is 0 Å². The Balaban J connectivity index is 1.88. The molecule has 1 atom stereocenters. The van der Waals surface area contributed by atoms with Crippen molar-refractivity contribution in [3.63, 3.8) is 0 Å². The summed E-state index contributed by atoms with van der Waals surface area (Å²) in [5.74, 6) is -1.04. The summed E-state index contributed by atoms with van der Waals surface area (Å²) in [6, 6.07) is 21.3. The third kappa shape index (κ3) is 9.86. The molecule has 3 aromatic rings. The number of nitrogens with zero attached hydrogens (tertiary/aromatic N) is 2. The second-order valence-electron chi connectivity index (χ2n) is 10.4. The summed E-state index contributed by atoms with van der Waals surface area (Å²) in [4.78, 5) is 28.9. The highest BCUT2D eigenvalue weighted by Crippen LogP contribution is 2.23. The molecule has 0 aromatic heterocycles. The fourth-order valence-corrected chi connectivity index (χ4v) is 5.49. The Morgan fingerprint density at radius 2 is 1.56 bits per heavy atom. The Labute approximate surface area is 247 Å². The summed E-state index contributed by atoms with van der Waals surface area (Å²) in [7, 11) is -3.81. The number of rotatable bonds is 14. The van der Waals surface area contributed by atoms with Crippen molar-refractivity contribution in [2.24, 2.45) is 5.92 Å². The lowest BCUT2D eigenvalue weighted by atomic mass is 10.0. The molecule has 0 saturated carbocycles. The third-order valence-corrected chi connectivity index (χ3v) is 7.93. The van der Waals surface area contributed by atoms with Gasteiger partial charge in [0.2, 0.25) is 21.8 Å². The van der Waals surface area contributed by atoms with Crippen LogP contribution in [0.15, 0.2) is 78.9 Å². The summed E-state index contributed by atoms with van der Waals surface area (Å²) >= 11 is 6.07. The molecule has 0 bridgehead atoms. The summed E-state index contributed by atoms with van der Waals surface area (Å²) in [6.07, 6.45) is 1.39. The minimum atomic E-state index is -3.81. The second-order valence-corrected chi connectivity index (χ2v) is 12.7. The number of hydrogen-bond acceptors (Lipinski definition) is 4. The first-order valence-electron chi connectivity index (χ1n) is 13.5. The minimum Gasteiger partial charge on any atom is -0.354 e. The molecule has 0 aliphatic rings. The third-order valence-electron chi connectivity index (χ3n) is 6.50. The summed E-state index contributed by atoms with van der Waals surface area (Å²) in [5.41, 5.74) is 1.62. The number of carbonyl (C=O) groups excluding carboxylic acids is 2. The van der Waals surface area contributed by atoms with Gasteiger partial charge in [0.1, 0.15) is 11.9 Å². The van der Waals surface area contributed by atoms with E-state index in [0.717, 1.165) is 21.7 Å². The average Bonchev–Trinajstić information content (AvgIpc) is 2.93. The number of para-hydroxylation sites is 1. The van der Waals surface area contributed by atoms with E-state index in [1.54, 1.807) is 35.2 Å². The van der Waals surface area contributed by atoms with Crippen molar-refractivity contribution in [3.8, 4) is 0 Å². The Kier molecular flexibility index (Phi) is 11.7. The number of hydrogen-bond donors (Lipinski definition) is 1. The number of halogens is 2. The number of amides is 2. The van der Waals surface area contributed by atoms with E-state index < -0.39 is 21.9 Å². The largest absolute Gasteiger partial charge is 0.354 e. The van der Waals surface area contributed by atoms with Crippen molar-refractivity contribution >= 4 is 39.1 Å². The van der Waals surface area contributed by atoms with Gasteiger partial charge in [-0.3, -0.25) is 13.9 Å². The number of benzene rings is 3. The van der Waals surface area contributed by atoms with Crippen molar-refractivity contribution in [1.82, 2.24) is 10.2 Å². The fourth-order valence-electron chi connectivity index (χ4n) is 4.40. The topological polar surface area (TPSA) is 86.8 Å². The molecule has 0 heterocycles. The van der Waals surface area contributed by atoms with E-state index in [0.29, 0.717) is 18.0 Å². The highest BCUT2D eigenvalue weighted by atomic mass is 35.5. The minimum absolute atomic E-state index is 0.0448. The van der Waals surface area contributed by atoms with Crippen LogP contribution in [0.2, 0.25) is 5.02 Å². The van der Waals surface area contributed by atoms with Gasteiger partial charge in [0.05, 0.1) is 11.9 Å². The van der Waals surface area contributed by atoms with Crippen LogP contribution in [0.1, 0.15) is 37.8 Å². The van der Waals surface area contributed by atoms with Gasteiger partial charge in [0.15, 0.2) is 0 Å². The summed E-state index contributed by atoms with van der Waals surface area (Å²) < 4.78 is 40.4. The molecule has 220 valence electrons. The first-order chi connectivity index (χ1) is 19.5. The molecule has 0 spiro atoms. The molecule has 41 heavy (non-hydrogen) atoms. The van der Waals surface area contributed by atoms with Gasteiger partial charge in [-0.25, -0.2) is 12.8 Å². The molecule has 0 saturated heterocycles. The van der Waals surface area contributed by atoms with Gasteiger partial charge < -0.3 is 10.2 Å². The molecule has 7 nitrogen and oxygen atoms in total. The van der Waals surface area contributed by atoms with E-state index in [4.69, 9.17) is 11.6 Å². The van der Waals surface area contributed by atoms with Gasteiger partial charge in [-0.05, 0) is 47.7 Å². The fraction of sp³-hybridized carbons (Fsp3) is 0.355. The average molecular weight is 602 g/mol. The van der Waals surface area contributed by atoms with Gasteiger partial charge in [0.25, 0.3) is 0 Å². The van der Waals surface area contributed by atoms with E-state index in [9.17, 15) is 22.4 Å². The highest BCUT2D eigenvalue weighted by Gasteiger charge is 2.30. The quantitative estimate of drug-likeness (QED) is 0.267. The van der Waals surface area contributed by atoms with Crippen LogP contribution in [0.5, 0.6) is 0 Å². The smallest absolute Gasteiger partial charge is 0.243 e. The molecule has 0 aliphatic heterocycles. The Hall–Kier alpha value is -3.43. The Bertz CT molecular complexity index is 1400. The van der Waals surface area contributed by atoms with Crippen molar-refractivity contribution in [1.29, 1.82) is 0 Å². The molecule has 1 N–H and O–H groups in total. The molecule has 0 radical (unpaired) electrons. The van der Waals surface area contributed by atoms with Crippen LogP contribution in [0.25, 0.3) is 0 Å². The normalized spacial score (nSPS) is 12.1. The van der Waals surface area contributed by atoms with Gasteiger partial charge in [0, 0.05) is 37.5 Å². The number of carbonyl (C=O) groups is 2. The van der Waals surface area contributed by atoms with Crippen LogP contribution in [0.4, 0.5) is 10.1 Å². The monoisotopic (exact) mass is 601 g/mol. The first-order valence-corrected chi connectivity index (χ1v) is 15.8. The van der Waals surface area contributed by atoms with Crippen LogP contribution in [0, 0.1) is 11.7 Å². The molecule has 1 unspecified atom stereocenters. The molecular weight excluding hydrogens is 565 g/mol. The summed E-state index contributed by atoms with van der Waals surface area (Å²) in [5, 5.41) is 3.52. The van der Waals surface area contributed by atoms with Gasteiger partial charge in [-0.15, -0.1) is 0 Å². The Morgan fingerprint density at radius 3 is 2.17 bits per heavy atom. The van der Waals surface area contributed by atoms with E-state index in [1.807, 2.05) is 44.2 Å². The van der Waals surface area contributed by atoms with Crippen molar-refractivity contribution in [2.75, 3.05) is 23.7 Å². The number of nitrogens with one attached hydrogen (secondary N) is 1. The molecule has 2 amide bonds. The zero-order valence-corrected chi connectivity index (χ0v) is 25.2. The lowest BCUT2D eigenvalue weighted by Gasteiger charge is -2.32. The van der Waals surface area contributed by atoms with Crippen LogP contribution in [-0.4, -0.2) is 50.5 Å². The van der Waals surface area contributed by atoms with Crippen LogP contribution >= 0.6 is 11.6 Å². The number of anilines is 1. The van der Waals surface area contributed by atoms with Gasteiger partial charge in [-0.1, -0.05) is 80.0 Å². The molecule has 10 heteroatoms. The van der Waals surface area contributed by atoms with Crippen LogP contribution in [-0.2, 0) is 32.6 Å². The Morgan fingerprint density at radius 1 is 0.927 bits per heavy atom. The molecule has 0 aliphatic carbocycles. The maximum absolute atomic E-state index is 14.5. The van der Waals surface area contributed by atoms with E-state index in [1.165, 1.54) is 18.2 Å². The zero-order valence-electron chi connectivity index (χ0n) is 23.6. The zero-order chi connectivity index (χ0) is 30.0. The molecule has 3 rings (SSSR count). The second kappa shape index (κ2) is 15.0. The molecule has 0 fully saturated rings. The highest BCUT2D eigenvalue weighted by molar-refractivity contribution is 7.92. The summed E-state index contributed by atoms with van der Waals surface area (Å²) in [6.45, 7) is 4.51. The lowest BCUT2D eigenvalue weighted by molar-refractivity contribution is -0.141. The number of sulfonamides is 1. The first kappa shape index (κ1) is 32.1. The predicted octanol–water partition coefficient (Wildman–Crippen LogP) is 5.44. The molecular formula is C31H37ClFN3O4S. The predicted molar refractivity (Wildman–Crippen MR) is 162 cm³/mol. The van der Waals surface area contributed by atoms with Crippen molar-refractivity contribution in [3.05, 3.63) is 101 Å². The van der Waals surface area contributed by atoms with E-state index in [-0.39, 0.29) is 49.4 Å². The standard InChI is InChI=1S/C31H37ClFN3O4S/c1-23(2)21-34-31(38)29(20-24-10-5-4-6-11-24)35(22-25-15-17-26(32)18-16-25)30(37)14-9-19-36(41(3,39)40)28-13-8-7-12-27(28)33/h4-8,10-13,15-18,23,29H,9,14,19-22H2,1-3H3,(H,34,38).